The highest BCUT2D eigenvalue weighted by Crippen LogP contribution is 2.67. The lowest BCUT2D eigenvalue weighted by Crippen LogP contribution is -2.50. The van der Waals surface area contributed by atoms with E-state index >= 15 is 0 Å². The topological polar surface area (TPSA) is 17.1 Å². The maximum Gasteiger partial charge on any atom is 0.155 e. The minimum Gasteiger partial charge on any atom is -0.295 e. The molecule has 28 heavy (non-hydrogen) atoms. The van der Waals surface area contributed by atoms with Gasteiger partial charge in [0.15, 0.2) is 5.78 Å². The molecule has 3 fully saturated rings. The summed E-state index contributed by atoms with van der Waals surface area (Å²) in [5.74, 6) is 4.76. The molecule has 0 heterocycles. The zero-order chi connectivity index (χ0) is 20.1. The van der Waals surface area contributed by atoms with E-state index in [0.29, 0.717) is 22.0 Å². The molecule has 0 aromatic heterocycles. The van der Waals surface area contributed by atoms with Crippen LogP contribution in [0.5, 0.6) is 0 Å². The number of ketones is 1. The molecule has 4 rings (SSSR count). The maximum atomic E-state index is 12.0. The summed E-state index contributed by atoms with van der Waals surface area (Å²) in [6.07, 6.45) is 16.0. The van der Waals surface area contributed by atoms with Crippen LogP contribution >= 0.6 is 11.6 Å². The van der Waals surface area contributed by atoms with Crippen molar-refractivity contribution in [3.63, 3.8) is 0 Å². The summed E-state index contributed by atoms with van der Waals surface area (Å²) in [7, 11) is 0. The lowest BCUT2D eigenvalue weighted by molar-refractivity contribution is -0.117. The van der Waals surface area contributed by atoms with Gasteiger partial charge in [-0.25, -0.2) is 0 Å². The molecular formula is C26H41ClO. The first kappa shape index (κ1) is 21.0. The van der Waals surface area contributed by atoms with Crippen molar-refractivity contribution in [2.45, 2.75) is 104 Å². The number of halogens is 1. The highest BCUT2D eigenvalue weighted by Gasteiger charge is 2.59. The molecule has 0 aromatic carbocycles. The smallest absolute Gasteiger partial charge is 0.155 e. The Labute approximate surface area is 178 Å². The standard InChI is InChI=1S/C26H41ClO/c1-17(6-5-7-18(2)27)22-10-11-23-21-9-8-19-16-20(28)12-14-25(19,3)24(21)13-15-26(22,23)4/h16-18,21-24H,5-15H2,1-4H3/t17-,18?,21+,22-,23+,24+,25+,26-/m1/s1. The van der Waals surface area contributed by atoms with Gasteiger partial charge in [0.05, 0.1) is 0 Å². The molecule has 4 aliphatic carbocycles. The van der Waals surface area contributed by atoms with Gasteiger partial charge in [0.2, 0.25) is 0 Å². The largest absolute Gasteiger partial charge is 0.295 e. The average molecular weight is 405 g/mol. The second-order valence-corrected chi connectivity index (χ2v) is 12.1. The van der Waals surface area contributed by atoms with E-state index in [-0.39, 0.29) is 0 Å². The SMILES string of the molecule is CC(Cl)CCC[C@@H](C)[C@H]1CC[C@H]2[C@@H]3CCC4=CC(=O)CC[C@]4(C)[C@H]3CC[C@]12C. The Morgan fingerprint density at radius 3 is 2.57 bits per heavy atom. The predicted octanol–water partition coefficient (Wildman–Crippen LogP) is 7.57. The molecule has 158 valence electrons. The molecule has 0 spiro atoms. The van der Waals surface area contributed by atoms with Gasteiger partial charge in [0.1, 0.15) is 0 Å². The first-order valence-corrected chi connectivity index (χ1v) is 12.6. The summed E-state index contributed by atoms with van der Waals surface area (Å²) < 4.78 is 0. The third-order valence-corrected chi connectivity index (χ3v) is 10.2. The molecule has 3 saturated carbocycles. The Bertz CT molecular complexity index is 636. The van der Waals surface area contributed by atoms with Crippen molar-refractivity contribution in [2.75, 3.05) is 0 Å². The van der Waals surface area contributed by atoms with Crippen LogP contribution in [-0.2, 0) is 4.79 Å². The third-order valence-electron chi connectivity index (χ3n) is 9.98. The lowest BCUT2D eigenvalue weighted by atomic mass is 9.46. The average Bonchev–Trinajstić information content (AvgIpc) is 2.99. The number of carbonyl (C=O) groups excluding carboxylic acids is 1. The zero-order valence-corrected chi connectivity index (χ0v) is 19.4. The van der Waals surface area contributed by atoms with Crippen molar-refractivity contribution in [1.82, 2.24) is 0 Å². The monoisotopic (exact) mass is 404 g/mol. The van der Waals surface area contributed by atoms with Crippen molar-refractivity contribution in [3.8, 4) is 0 Å². The second-order valence-electron chi connectivity index (χ2n) is 11.4. The summed E-state index contributed by atoms with van der Waals surface area (Å²) in [5, 5.41) is 0.321. The summed E-state index contributed by atoms with van der Waals surface area (Å²) in [6, 6.07) is 0. The summed E-state index contributed by atoms with van der Waals surface area (Å²) in [4.78, 5) is 12.0. The van der Waals surface area contributed by atoms with Gasteiger partial charge in [-0.3, -0.25) is 4.79 Å². The van der Waals surface area contributed by atoms with Crippen LogP contribution in [0.1, 0.15) is 98.3 Å². The Kier molecular flexibility index (Phi) is 5.80. The Hall–Kier alpha value is -0.300. The van der Waals surface area contributed by atoms with Gasteiger partial charge < -0.3 is 0 Å². The normalized spacial score (nSPS) is 44.9. The zero-order valence-electron chi connectivity index (χ0n) is 18.6. The molecule has 1 unspecified atom stereocenters. The van der Waals surface area contributed by atoms with Gasteiger partial charge in [0, 0.05) is 11.8 Å². The van der Waals surface area contributed by atoms with Crippen LogP contribution in [-0.4, -0.2) is 11.2 Å². The number of hydrogen-bond donors (Lipinski definition) is 0. The van der Waals surface area contributed by atoms with Crippen LogP contribution in [0, 0.1) is 40.4 Å². The van der Waals surface area contributed by atoms with E-state index in [1.165, 1.54) is 56.9 Å². The molecule has 0 bridgehead atoms. The van der Waals surface area contributed by atoms with E-state index < -0.39 is 0 Å². The van der Waals surface area contributed by atoms with Crippen molar-refractivity contribution in [2.24, 2.45) is 40.4 Å². The molecule has 8 atom stereocenters. The summed E-state index contributed by atoms with van der Waals surface area (Å²) >= 11 is 6.19. The first-order valence-electron chi connectivity index (χ1n) is 12.1. The number of allylic oxidation sites excluding steroid dienone is 1. The van der Waals surface area contributed by atoms with Crippen molar-refractivity contribution in [1.29, 1.82) is 0 Å². The van der Waals surface area contributed by atoms with Gasteiger partial charge in [-0.2, -0.15) is 0 Å². The van der Waals surface area contributed by atoms with Crippen LogP contribution in [0.4, 0.5) is 0 Å². The number of hydrogen-bond acceptors (Lipinski definition) is 1. The minimum absolute atomic E-state index is 0.318. The molecule has 4 aliphatic rings. The second kappa shape index (κ2) is 7.75. The number of rotatable bonds is 5. The van der Waals surface area contributed by atoms with Gasteiger partial charge in [0.25, 0.3) is 0 Å². The summed E-state index contributed by atoms with van der Waals surface area (Å²) in [5.41, 5.74) is 2.37. The molecule has 1 nitrogen and oxygen atoms in total. The highest BCUT2D eigenvalue weighted by atomic mass is 35.5. The maximum absolute atomic E-state index is 12.0. The van der Waals surface area contributed by atoms with Crippen molar-refractivity contribution >= 4 is 17.4 Å². The van der Waals surface area contributed by atoms with E-state index in [2.05, 4.69) is 27.7 Å². The van der Waals surface area contributed by atoms with Crippen LogP contribution < -0.4 is 0 Å². The molecule has 0 N–H and O–H groups in total. The first-order chi connectivity index (χ1) is 13.3. The summed E-state index contributed by atoms with van der Waals surface area (Å²) in [6.45, 7) is 9.82. The fraction of sp³-hybridized carbons (Fsp3) is 0.885. The van der Waals surface area contributed by atoms with E-state index in [9.17, 15) is 4.79 Å². The van der Waals surface area contributed by atoms with Crippen LogP contribution in [0.15, 0.2) is 11.6 Å². The van der Waals surface area contributed by atoms with Gasteiger partial charge in [-0.05, 0) is 105 Å². The van der Waals surface area contributed by atoms with Crippen molar-refractivity contribution < 1.29 is 4.79 Å². The Morgan fingerprint density at radius 1 is 1.04 bits per heavy atom. The number of alkyl halides is 1. The van der Waals surface area contributed by atoms with Crippen LogP contribution in [0.25, 0.3) is 0 Å². The van der Waals surface area contributed by atoms with Crippen molar-refractivity contribution in [3.05, 3.63) is 11.6 Å². The van der Waals surface area contributed by atoms with E-state index in [1.807, 2.05) is 6.08 Å². The molecule has 0 radical (unpaired) electrons. The number of carbonyl (C=O) groups is 1. The minimum atomic E-state index is 0.318. The van der Waals surface area contributed by atoms with Gasteiger partial charge >= 0.3 is 0 Å². The molecule has 0 amide bonds. The molecule has 2 heteroatoms. The molecule has 0 aliphatic heterocycles. The third kappa shape index (κ3) is 3.42. The quantitative estimate of drug-likeness (QED) is 0.432. The Morgan fingerprint density at radius 2 is 1.82 bits per heavy atom. The van der Waals surface area contributed by atoms with Crippen LogP contribution in [0.2, 0.25) is 0 Å². The Balaban J connectivity index is 1.49. The fourth-order valence-electron chi connectivity index (χ4n) is 8.46. The molecule has 0 aromatic rings. The fourth-order valence-corrected chi connectivity index (χ4v) is 8.61. The number of fused-ring (bicyclic) bond motifs is 5. The molecule has 0 saturated heterocycles. The van der Waals surface area contributed by atoms with E-state index in [0.717, 1.165) is 48.9 Å². The van der Waals surface area contributed by atoms with E-state index in [1.54, 1.807) is 0 Å². The van der Waals surface area contributed by atoms with Crippen LogP contribution in [0.3, 0.4) is 0 Å². The highest BCUT2D eigenvalue weighted by molar-refractivity contribution is 6.20. The van der Waals surface area contributed by atoms with E-state index in [4.69, 9.17) is 11.6 Å². The predicted molar refractivity (Wildman–Crippen MR) is 119 cm³/mol. The lowest BCUT2D eigenvalue weighted by Gasteiger charge is -2.58. The van der Waals surface area contributed by atoms with Gasteiger partial charge in [-0.1, -0.05) is 39.2 Å². The molecular weight excluding hydrogens is 364 g/mol. The van der Waals surface area contributed by atoms with Gasteiger partial charge in [-0.15, -0.1) is 11.6 Å².